The van der Waals surface area contributed by atoms with E-state index < -0.39 is 0 Å². The van der Waals surface area contributed by atoms with Crippen molar-refractivity contribution in [2.75, 3.05) is 25.5 Å². The van der Waals surface area contributed by atoms with Gasteiger partial charge in [0.05, 0.1) is 12.2 Å². The van der Waals surface area contributed by atoms with Crippen molar-refractivity contribution in [1.29, 1.82) is 0 Å². The standard InChI is InChI=1S/C16H27N5/c1-4-17-16(20-13-8-5-6-9-13)18-12-14-10-7-11-15(19-14)21(2)3/h7,10-11,13H,4-6,8-9,12H2,1-3H3,(H2,17,18,20). The zero-order valence-corrected chi connectivity index (χ0v) is 13.4. The third-order valence-electron chi connectivity index (χ3n) is 3.69. The van der Waals surface area contributed by atoms with Gasteiger partial charge >= 0.3 is 0 Å². The maximum atomic E-state index is 4.66. The minimum absolute atomic E-state index is 0.573. The highest BCUT2D eigenvalue weighted by Gasteiger charge is 2.15. The number of rotatable bonds is 5. The Morgan fingerprint density at radius 2 is 2.10 bits per heavy atom. The average molecular weight is 289 g/mol. The summed E-state index contributed by atoms with van der Waals surface area (Å²) in [6, 6.07) is 6.64. The summed E-state index contributed by atoms with van der Waals surface area (Å²) in [6.45, 7) is 3.57. The van der Waals surface area contributed by atoms with Gasteiger partial charge < -0.3 is 15.5 Å². The second-order valence-electron chi connectivity index (χ2n) is 5.70. The van der Waals surface area contributed by atoms with Gasteiger partial charge in [-0.05, 0) is 31.9 Å². The number of hydrogen-bond acceptors (Lipinski definition) is 3. The summed E-state index contributed by atoms with van der Waals surface area (Å²) in [5.41, 5.74) is 0.991. The molecule has 0 spiro atoms. The van der Waals surface area contributed by atoms with Crippen LogP contribution in [-0.2, 0) is 6.54 Å². The Balaban J connectivity index is 1.99. The van der Waals surface area contributed by atoms with Crippen LogP contribution in [0.4, 0.5) is 5.82 Å². The molecule has 5 nitrogen and oxygen atoms in total. The Bertz CT molecular complexity index is 463. The molecule has 0 atom stereocenters. The Morgan fingerprint density at radius 3 is 2.76 bits per heavy atom. The Kier molecular flexibility index (Phi) is 5.84. The maximum absolute atomic E-state index is 4.66. The molecule has 5 heteroatoms. The first-order valence-electron chi connectivity index (χ1n) is 7.87. The van der Waals surface area contributed by atoms with Crippen molar-refractivity contribution in [2.24, 2.45) is 4.99 Å². The largest absolute Gasteiger partial charge is 0.363 e. The molecule has 0 aromatic carbocycles. The summed E-state index contributed by atoms with van der Waals surface area (Å²) in [6.07, 6.45) is 5.14. The fraction of sp³-hybridized carbons (Fsp3) is 0.625. The molecule has 1 saturated carbocycles. The lowest BCUT2D eigenvalue weighted by Crippen LogP contribution is -2.42. The topological polar surface area (TPSA) is 52.6 Å². The number of nitrogens with one attached hydrogen (secondary N) is 2. The summed E-state index contributed by atoms with van der Waals surface area (Å²) in [7, 11) is 4.00. The van der Waals surface area contributed by atoms with Gasteiger partial charge in [-0.15, -0.1) is 0 Å². The first-order valence-corrected chi connectivity index (χ1v) is 7.87. The van der Waals surface area contributed by atoms with Crippen LogP contribution in [0.5, 0.6) is 0 Å². The van der Waals surface area contributed by atoms with Crippen molar-refractivity contribution in [3.8, 4) is 0 Å². The maximum Gasteiger partial charge on any atom is 0.191 e. The molecule has 1 aromatic rings. The highest BCUT2D eigenvalue weighted by atomic mass is 15.2. The molecule has 0 bridgehead atoms. The number of nitrogens with zero attached hydrogens (tertiary/aromatic N) is 3. The SMILES string of the molecule is CCNC(=NCc1cccc(N(C)C)n1)NC1CCCC1. The van der Waals surface area contributed by atoms with E-state index in [4.69, 9.17) is 0 Å². The van der Waals surface area contributed by atoms with E-state index in [1.54, 1.807) is 0 Å². The van der Waals surface area contributed by atoms with Crippen LogP contribution in [0.3, 0.4) is 0 Å². The van der Waals surface area contributed by atoms with Gasteiger partial charge in [0.2, 0.25) is 0 Å². The van der Waals surface area contributed by atoms with Crippen molar-refractivity contribution in [3.63, 3.8) is 0 Å². The highest BCUT2D eigenvalue weighted by molar-refractivity contribution is 5.80. The predicted octanol–water partition coefficient (Wildman–Crippen LogP) is 2.15. The third kappa shape index (κ3) is 4.92. The van der Waals surface area contributed by atoms with Gasteiger partial charge in [0, 0.05) is 26.7 Å². The summed E-state index contributed by atoms with van der Waals surface area (Å²) in [5, 5.41) is 6.84. The lowest BCUT2D eigenvalue weighted by molar-refractivity contribution is 0.613. The second-order valence-corrected chi connectivity index (χ2v) is 5.70. The number of guanidine groups is 1. The summed E-state index contributed by atoms with van der Waals surface area (Å²) >= 11 is 0. The molecule has 1 aromatic heterocycles. The van der Waals surface area contributed by atoms with Gasteiger partial charge in [-0.1, -0.05) is 18.9 Å². The van der Waals surface area contributed by atoms with Gasteiger partial charge in [-0.2, -0.15) is 0 Å². The number of aliphatic imine (C=N–C) groups is 1. The Morgan fingerprint density at radius 1 is 1.33 bits per heavy atom. The van der Waals surface area contributed by atoms with Crippen molar-refractivity contribution in [1.82, 2.24) is 15.6 Å². The number of aromatic nitrogens is 1. The molecule has 1 heterocycles. The first kappa shape index (κ1) is 15.6. The van der Waals surface area contributed by atoms with Crippen LogP contribution >= 0.6 is 0 Å². The van der Waals surface area contributed by atoms with Crippen molar-refractivity contribution >= 4 is 11.8 Å². The summed E-state index contributed by atoms with van der Waals surface area (Å²) in [5.74, 6) is 1.87. The Hall–Kier alpha value is -1.78. The molecule has 116 valence electrons. The number of pyridine rings is 1. The molecular formula is C16H27N5. The quantitative estimate of drug-likeness (QED) is 0.644. The van der Waals surface area contributed by atoms with E-state index in [1.165, 1.54) is 25.7 Å². The van der Waals surface area contributed by atoms with Crippen molar-refractivity contribution in [3.05, 3.63) is 23.9 Å². The summed E-state index contributed by atoms with van der Waals surface area (Å²) < 4.78 is 0. The monoisotopic (exact) mass is 289 g/mol. The highest BCUT2D eigenvalue weighted by Crippen LogP contribution is 2.17. The van der Waals surface area contributed by atoms with Gasteiger partial charge in [-0.3, -0.25) is 0 Å². The number of hydrogen-bond donors (Lipinski definition) is 2. The minimum Gasteiger partial charge on any atom is -0.363 e. The van der Waals surface area contributed by atoms with Gasteiger partial charge in [-0.25, -0.2) is 9.98 Å². The van der Waals surface area contributed by atoms with Crippen LogP contribution in [0.1, 0.15) is 38.3 Å². The van der Waals surface area contributed by atoms with E-state index in [2.05, 4.69) is 27.5 Å². The average Bonchev–Trinajstić information content (AvgIpc) is 2.98. The molecule has 1 fully saturated rings. The van der Waals surface area contributed by atoms with Crippen LogP contribution in [0.25, 0.3) is 0 Å². The van der Waals surface area contributed by atoms with Crippen LogP contribution in [0.15, 0.2) is 23.2 Å². The molecule has 0 amide bonds. The van der Waals surface area contributed by atoms with E-state index >= 15 is 0 Å². The molecule has 1 aliphatic rings. The number of anilines is 1. The van der Waals surface area contributed by atoms with E-state index in [-0.39, 0.29) is 0 Å². The summed E-state index contributed by atoms with van der Waals surface area (Å²) in [4.78, 5) is 11.3. The minimum atomic E-state index is 0.573. The Labute approximate surface area is 127 Å². The van der Waals surface area contributed by atoms with E-state index in [1.807, 2.05) is 37.2 Å². The molecule has 0 aliphatic heterocycles. The zero-order chi connectivity index (χ0) is 15.1. The third-order valence-corrected chi connectivity index (χ3v) is 3.69. The lowest BCUT2D eigenvalue weighted by Gasteiger charge is -2.16. The fourth-order valence-electron chi connectivity index (χ4n) is 2.55. The van der Waals surface area contributed by atoms with E-state index in [0.29, 0.717) is 12.6 Å². The molecule has 0 radical (unpaired) electrons. The smallest absolute Gasteiger partial charge is 0.191 e. The van der Waals surface area contributed by atoms with Gasteiger partial charge in [0.15, 0.2) is 5.96 Å². The fourth-order valence-corrected chi connectivity index (χ4v) is 2.55. The first-order chi connectivity index (χ1) is 10.2. The van der Waals surface area contributed by atoms with Crippen molar-refractivity contribution < 1.29 is 0 Å². The van der Waals surface area contributed by atoms with E-state index in [9.17, 15) is 0 Å². The predicted molar refractivity (Wildman–Crippen MR) is 88.8 cm³/mol. The molecule has 21 heavy (non-hydrogen) atoms. The molecule has 2 N–H and O–H groups in total. The van der Waals surface area contributed by atoms with Crippen LogP contribution in [0.2, 0.25) is 0 Å². The van der Waals surface area contributed by atoms with Crippen molar-refractivity contribution in [2.45, 2.75) is 45.2 Å². The molecule has 0 unspecified atom stereocenters. The van der Waals surface area contributed by atoms with Gasteiger partial charge in [0.1, 0.15) is 5.82 Å². The second kappa shape index (κ2) is 7.86. The van der Waals surface area contributed by atoms with Gasteiger partial charge in [0.25, 0.3) is 0 Å². The van der Waals surface area contributed by atoms with Crippen LogP contribution in [-0.4, -0.2) is 37.6 Å². The van der Waals surface area contributed by atoms with Crippen LogP contribution < -0.4 is 15.5 Å². The lowest BCUT2D eigenvalue weighted by atomic mass is 10.2. The molecular weight excluding hydrogens is 262 g/mol. The molecule has 2 rings (SSSR count). The normalized spacial score (nSPS) is 16.0. The van der Waals surface area contributed by atoms with E-state index in [0.717, 1.165) is 24.0 Å². The molecule has 1 aliphatic carbocycles. The van der Waals surface area contributed by atoms with Crippen LogP contribution in [0, 0.1) is 0 Å². The molecule has 0 saturated heterocycles. The zero-order valence-electron chi connectivity index (χ0n) is 13.4.